The highest BCUT2D eigenvalue weighted by molar-refractivity contribution is 5.90. The number of fused-ring (bicyclic) bond motifs is 1. The van der Waals surface area contributed by atoms with Crippen LogP contribution in [0.25, 0.3) is 10.9 Å². The highest BCUT2D eigenvalue weighted by Crippen LogP contribution is 2.26. The van der Waals surface area contributed by atoms with Crippen molar-refractivity contribution >= 4 is 22.7 Å². The molecule has 1 aliphatic rings. The van der Waals surface area contributed by atoms with Crippen LogP contribution in [-0.2, 0) is 6.54 Å². The molecule has 1 aromatic heterocycles. The van der Waals surface area contributed by atoms with E-state index in [4.69, 9.17) is 14.7 Å². The molecule has 0 bridgehead atoms. The number of anilines is 2. The summed E-state index contributed by atoms with van der Waals surface area (Å²) in [4.78, 5) is 11.6. The van der Waals surface area contributed by atoms with Gasteiger partial charge in [-0.25, -0.2) is 4.98 Å². The van der Waals surface area contributed by atoms with E-state index in [1.54, 1.807) is 0 Å². The number of hydrogen-bond donors (Lipinski definition) is 2. The minimum Gasteiger partial charge on any atom is -0.491 e. The Morgan fingerprint density at radius 1 is 0.939 bits per heavy atom. The van der Waals surface area contributed by atoms with E-state index in [1.807, 2.05) is 40.1 Å². The van der Waals surface area contributed by atoms with Gasteiger partial charge in [-0.05, 0) is 69.4 Å². The summed E-state index contributed by atoms with van der Waals surface area (Å²) >= 11 is 0. The van der Waals surface area contributed by atoms with E-state index < -0.39 is 0 Å². The van der Waals surface area contributed by atoms with Crippen molar-refractivity contribution in [1.29, 1.82) is 0 Å². The van der Waals surface area contributed by atoms with E-state index in [9.17, 15) is 0 Å². The number of para-hydroxylation sites is 1. The predicted molar refractivity (Wildman–Crippen MR) is 139 cm³/mol. The van der Waals surface area contributed by atoms with Crippen molar-refractivity contribution in [2.75, 3.05) is 24.3 Å². The Morgan fingerprint density at radius 2 is 1.61 bits per heavy atom. The lowest BCUT2D eigenvalue weighted by Gasteiger charge is -2.30. The number of rotatable bonds is 8. The van der Waals surface area contributed by atoms with E-state index >= 15 is 0 Å². The molecular weight excluding hydrogens is 410 g/mol. The minimum absolute atomic E-state index is 0. The fourth-order valence-electron chi connectivity index (χ4n) is 4.31. The van der Waals surface area contributed by atoms with Gasteiger partial charge in [-0.3, -0.25) is 0 Å². The van der Waals surface area contributed by atoms with Crippen LogP contribution in [0, 0.1) is 0 Å². The summed E-state index contributed by atoms with van der Waals surface area (Å²) in [6, 6.07) is 17.6. The van der Waals surface area contributed by atoms with Gasteiger partial charge in [0.25, 0.3) is 0 Å². The Hall–Kier alpha value is -2.86. The smallest absolute Gasteiger partial charge is 0.225 e. The van der Waals surface area contributed by atoms with Crippen LogP contribution in [0.1, 0.15) is 52.5 Å². The number of nitrogens with one attached hydrogen (secondary N) is 2. The van der Waals surface area contributed by atoms with Gasteiger partial charge in [-0.1, -0.05) is 31.7 Å². The van der Waals surface area contributed by atoms with E-state index in [2.05, 4.69) is 51.9 Å². The van der Waals surface area contributed by atoms with Gasteiger partial charge in [-0.2, -0.15) is 4.98 Å². The third-order valence-electron chi connectivity index (χ3n) is 5.96. The molecule has 0 atom stereocenters. The molecule has 0 aliphatic heterocycles. The summed E-state index contributed by atoms with van der Waals surface area (Å²) in [5, 5.41) is 8.40. The number of aromatic nitrogens is 2. The van der Waals surface area contributed by atoms with Crippen LogP contribution >= 0.6 is 0 Å². The first-order chi connectivity index (χ1) is 15.5. The van der Waals surface area contributed by atoms with E-state index in [0.29, 0.717) is 12.1 Å². The molecule has 6 nitrogen and oxygen atoms in total. The number of hydrogen-bond acceptors (Lipinski definition) is 6. The molecule has 1 fully saturated rings. The van der Waals surface area contributed by atoms with Crippen LogP contribution in [0.4, 0.5) is 11.8 Å². The molecule has 0 spiro atoms. The molecule has 0 unspecified atom stereocenters. The summed E-state index contributed by atoms with van der Waals surface area (Å²) in [6.45, 7) is 4.99. The Labute approximate surface area is 198 Å². The molecule has 6 heteroatoms. The Morgan fingerprint density at radius 3 is 2.27 bits per heavy atom. The number of nitrogens with zero attached hydrogens (tertiary/aromatic N) is 3. The first kappa shape index (κ1) is 24.8. The molecule has 33 heavy (non-hydrogen) atoms. The maximum Gasteiger partial charge on any atom is 0.225 e. The van der Waals surface area contributed by atoms with Crippen LogP contribution in [0.3, 0.4) is 0 Å². The van der Waals surface area contributed by atoms with Crippen molar-refractivity contribution in [1.82, 2.24) is 15.3 Å². The van der Waals surface area contributed by atoms with Crippen molar-refractivity contribution in [2.45, 2.75) is 71.7 Å². The van der Waals surface area contributed by atoms with Gasteiger partial charge in [0.1, 0.15) is 11.6 Å². The summed E-state index contributed by atoms with van der Waals surface area (Å²) in [7, 11) is 4.06. The summed E-state index contributed by atoms with van der Waals surface area (Å²) in [5.41, 5.74) is 2.27. The average Bonchev–Trinajstić information content (AvgIpc) is 2.78. The molecule has 2 N–H and O–H groups in total. The molecule has 1 aliphatic carbocycles. The van der Waals surface area contributed by atoms with E-state index in [-0.39, 0.29) is 13.5 Å². The van der Waals surface area contributed by atoms with Gasteiger partial charge in [0.05, 0.1) is 11.6 Å². The summed E-state index contributed by atoms with van der Waals surface area (Å²) in [6.07, 6.45) is 4.75. The fraction of sp³-hybridized carbons (Fsp3) is 0.481. The molecule has 4 rings (SSSR count). The molecule has 2 aromatic carbocycles. The zero-order chi connectivity index (χ0) is 22.5. The molecule has 0 saturated heterocycles. The van der Waals surface area contributed by atoms with Crippen LogP contribution in [0.5, 0.6) is 5.75 Å². The fourth-order valence-corrected chi connectivity index (χ4v) is 4.31. The predicted octanol–water partition coefficient (Wildman–Crippen LogP) is 5.63. The molecule has 1 heterocycles. The van der Waals surface area contributed by atoms with Gasteiger partial charge in [0.2, 0.25) is 5.95 Å². The quantitative estimate of drug-likeness (QED) is 0.465. The number of ether oxygens (including phenoxy) is 1. The lowest BCUT2D eigenvalue weighted by molar-refractivity contribution is 0.242. The second kappa shape index (κ2) is 11.3. The Bertz CT molecular complexity index is 1010. The molecule has 0 radical (unpaired) electrons. The first-order valence-corrected chi connectivity index (χ1v) is 11.7. The van der Waals surface area contributed by atoms with Crippen LogP contribution in [0.2, 0.25) is 0 Å². The number of benzene rings is 2. The van der Waals surface area contributed by atoms with Gasteiger partial charge >= 0.3 is 0 Å². The van der Waals surface area contributed by atoms with Crippen LogP contribution < -0.4 is 20.3 Å². The second-order valence-corrected chi connectivity index (χ2v) is 9.17. The zero-order valence-corrected chi connectivity index (χ0v) is 19.6. The monoisotopic (exact) mass is 449 g/mol. The van der Waals surface area contributed by atoms with Crippen molar-refractivity contribution in [3.05, 3.63) is 54.1 Å². The Kier molecular flexibility index (Phi) is 8.50. The third-order valence-corrected chi connectivity index (χ3v) is 5.96. The molecule has 3 aromatic rings. The van der Waals surface area contributed by atoms with Crippen LogP contribution in [0.15, 0.2) is 48.5 Å². The van der Waals surface area contributed by atoms with E-state index in [1.165, 1.54) is 5.56 Å². The summed E-state index contributed by atoms with van der Waals surface area (Å²) < 4.78 is 5.73. The van der Waals surface area contributed by atoms with Crippen LogP contribution in [-0.4, -0.2) is 42.3 Å². The first-order valence-electron chi connectivity index (χ1n) is 11.7. The summed E-state index contributed by atoms with van der Waals surface area (Å²) in [5.74, 6) is 2.62. The molecule has 178 valence electrons. The lowest BCUT2D eigenvalue weighted by Crippen LogP contribution is -2.37. The maximum absolute atomic E-state index is 5.73. The van der Waals surface area contributed by atoms with Gasteiger partial charge < -0.3 is 20.3 Å². The van der Waals surface area contributed by atoms with E-state index in [0.717, 1.165) is 60.6 Å². The van der Waals surface area contributed by atoms with Crippen molar-refractivity contribution in [3.63, 3.8) is 0 Å². The molecule has 0 amide bonds. The zero-order valence-electron chi connectivity index (χ0n) is 19.6. The second-order valence-electron chi connectivity index (χ2n) is 9.17. The van der Waals surface area contributed by atoms with Crippen molar-refractivity contribution in [3.8, 4) is 5.75 Å². The average molecular weight is 450 g/mol. The highest BCUT2D eigenvalue weighted by Gasteiger charge is 2.22. The normalized spacial score (nSPS) is 18.1. The standard InChI is InChI=1S/C26H35N5O.CH4/c1-18(2)32-22-15-9-19(10-16-22)17-27-20-11-13-21(14-12-20)28-26-29-24-8-6-5-7-23(24)25(30-26)31(3)4;/h5-10,15-16,18,20-21,27H,11-14,17H2,1-4H3,(H,28,29,30);1H4. The van der Waals surface area contributed by atoms with Gasteiger partial charge in [0, 0.05) is 38.1 Å². The molecule has 1 saturated carbocycles. The Balaban J connectivity index is 0.00000306. The SMILES string of the molecule is C.CC(C)Oc1ccc(CNC2CCC(Nc3nc(N(C)C)c4ccccc4n3)CC2)cc1. The lowest BCUT2D eigenvalue weighted by atomic mass is 9.91. The minimum atomic E-state index is 0. The van der Waals surface area contributed by atoms with Crippen molar-refractivity contribution in [2.24, 2.45) is 0 Å². The highest BCUT2D eigenvalue weighted by atomic mass is 16.5. The van der Waals surface area contributed by atoms with Gasteiger partial charge in [-0.15, -0.1) is 0 Å². The van der Waals surface area contributed by atoms with Gasteiger partial charge in [0.15, 0.2) is 0 Å². The maximum atomic E-state index is 5.73. The largest absolute Gasteiger partial charge is 0.491 e. The van der Waals surface area contributed by atoms with Crippen molar-refractivity contribution < 1.29 is 4.74 Å². The third kappa shape index (κ3) is 6.57. The molecular formula is C27H39N5O. The topological polar surface area (TPSA) is 62.3 Å².